The van der Waals surface area contributed by atoms with E-state index in [0.29, 0.717) is 0 Å². The van der Waals surface area contributed by atoms with Crippen LogP contribution in [0.1, 0.15) is 26.3 Å². The summed E-state index contributed by atoms with van der Waals surface area (Å²) in [6.07, 6.45) is 0. The van der Waals surface area contributed by atoms with Crippen LogP contribution in [0.2, 0.25) is 0 Å². The zero-order valence-corrected chi connectivity index (χ0v) is 33.8. The molecular weight excluding hydrogens is 773 g/mol. The SMILES string of the molecule is Cc1ccc([O-])c(C(=O)O)c1.O=C(O)c1ccccc1[O-].c1ccc([S+](c2ccccc2)c2ccccc2)cc1.c1ccc([S+](c2ccccc2)c2ccccc2)cc1. The van der Waals surface area contributed by atoms with Crippen LogP contribution in [-0.2, 0) is 21.8 Å². The summed E-state index contributed by atoms with van der Waals surface area (Å²) in [6, 6.07) is 74.1. The van der Waals surface area contributed by atoms with Gasteiger partial charge in [-0.15, -0.1) is 0 Å². The summed E-state index contributed by atoms with van der Waals surface area (Å²) >= 11 is 0. The van der Waals surface area contributed by atoms with Crippen LogP contribution in [0.25, 0.3) is 0 Å². The summed E-state index contributed by atoms with van der Waals surface area (Å²) in [4.78, 5) is 28.8. The van der Waals surface area contributed by atoms with Crippen molar-refractivity contribution in [1.29, 1.82) is 0 Å². The third-order valence-electron chi connectivity index (χ3n) is 8.36. The molecule has 2 N–H and O–H groups in total. The molecule has 0 fully saturated rings. The van der Waals surface area contributed by atoms with Crippen molar-refractivity contribution >= 4 is 33.7 Å². The fraction of sp³-hybridized carbons (Fsp3) is 0.0196. The second kappa shape index (κ2) is 22.7. The number of carboxylic acids is 2. The number of benzene rings is 8. The zero-order valence-electron chi connectivity index (χ0n) is 32.2. The van der Waals surface area contributed by atoms with Gasteiger partial charge in [-0.2, -0.15) is 0 Å². The lowest BCUT2D eigenvalue weighted by Gasteiger charge is -2.09. The van der Waals surface area contributed by atoms with Crippen LogP contribution in [0.15, 0.2) is 254 Å². The molecule has 294 valence electrons. The number of aryl methyl sites for hydroxylation is 1. The summed E-state index contributed by atoms with van der Waals surface area (Å²) in [7, 11) is -0.0293. The van der Waals surface area contributed by atoms with Crippen LogP contribution in [-0.4, -0.2) is 22.2 Å². The summed E-state index contributed by atoms with van der Waals surface area (Å²) in [5.41, 5.74) is 0.439. The molecule has 6 nitrogen and oxygen atoms in total. The third-order valence-corrected chi connectivity index (χ3v) is 12.8. The predicted octanol–water partition coefficient (Wildman–Crippen LogP) is 10.8. The summed E-state index contributed by atoms with van der Waals surface area (Å²) in [5, 5.41) is 38.4. The van der Waals surface area contributed by atoms with Crippen LogP contribution in [0.3, 0.4) is 0 Å². The zero-order chi connectivity index (χ0) is 41.8. The average molecular weight is 815 g/mol. The van der Waals surface area contributed by atoms with Gasteiger partial charge >= 0.3 is 11.9 Å². The molecule has 0 aliphatic heterocycles. The first-order valence-corrected chi connectivity index (χ1v) is 21.0. The molecule has 0 heterocycles. The van der Waals surface area contributed by atoms with E-state index in [1.165, 1.54) is 65.8 Å². The first-order valence-electron chi connectivity index (χ1n) is 18.5. The number of rotatable bonds is 8. The largest absolute Gasteiger partial charge is 0.872 e. The lowest BCUT2D eigenvalue weighted by molar-refractivity contribution is -0.269. The highest BCUT2D eigenvalue weighted by molar-refractivity contribution is 7.97. The quantitative estimate of drug-likeness (QED) is 0.147. The molecular formula is C51H42O6S2. The highest BCUT2D eigenvalue weighted by Crippen LogP contribution is 2.31. The predicted molar refractivity (Wildman–Crippen MR) is 233 cm³/mol. The van der Waals surface area contributed by atoms with Crippen molar-refractivity contribution in [3.63, 3.8) is 0 Å². The number of aromatic carboxylic acids is 2. The molecule has 0 aromatic heterocycles. The van der Waals surface area contributed by atoms with Gasteiger partial charge in [0.25, 0.3) is 0 Å². The van der Waals surface area contributed by atoms with Gasteiger partial charge in [-0.3, -0.25) is 0 Å². The fourth-order valence-electron chi connectivity index (χ4n) is 5.61. The molecule has 0 amide bonds. The normalized spacial score (nSPS) is 10.2. The number of hydrogen-bond acceptors (Lipinski definition) is 4. The van der Waals surface area contributed by atoms with Gasteiger partial charge in [0.2, 0.25) is 0 Å². The second-order valence-electron chi connectivity index (χ2n) is 12.6. The van der Waals surface area contributed by atoms with Crippen molar-refractivity contribution in [3.05, 3.63) is 241 Å². The Kier molecular flexibility index (Phi) is 16.6. The van der Waals surface area contributed by atoms with Crippen molar-refractivity contribution in [3.8, 4) is 11.5 Å². The molecule has 0 radical (unpaired) electrons. The molecule has 0 saturated heterocycles. The van der Waals surface area contributed by atoms with Crippen LogP contribution in [0.5, 0.6) is 11.5 Å². The molecule has 0 spiro atoms. The maximum Gasteiger partial charge on any atom is 0.335 e. The number of carbonyl (C=O) groups is 2. The number of para-hydroxylation sites is 1. The maximum absolute atomic E-state index is 10.8. The van der Waals surface area contributed by atoms with Crippen molar-refractivity contribution in [2.45, 2.75) is 36.3 Å². The minimum Gasteiger partial charge on any atom is -0.872 e. The van der Waals surface area contributed by atoms with Crippen LogP contribution >= 0.6 is 0 Å². The van der Waals surface area contributed by atoms with E-state index in [0.717, 1.165) is 5.56 Å². The minimum atomic E-state index is -1.18. The third kappa shape index (κ3) is 13.0. The smallest absolute Gasteiger partial charge is 0.335 e. The van der Waals surface area contributed by atoms with E-state index in [4.69, 9.17) is 10.2 Å². The fourth-order valence-corrected chi connectivity index (χ4v) is 9.82. The molecule has 0 unspecified atom stereocenters. The lowest BCUT2D eigenvalue weighted by atomic mass is 10.1. The molecule has 0 bridgehead atoms. The first kappa shape index (κ1) is 43.1. The van der Waals surface area contributed by atoms with Gasteiger partial charge in [-0.05, 0) is 91.9 Å². The molecule has 8 aromatic rings. The lowest BCUT2D eigenvalue weighted by Crippen LogP contribution is -2.04. The van der Waals surface area contributed by atoms with Crippen LogP contribution < -0.4 is 10.2 Å². The molecule has 8 rings (SSSR count). The number of hydrogen-bond donors (Lipinski definition) is 2. The Balaban J connectivity index is 0.000000156. The highest BCUT2D eigenvalue weighted by atomic mass is 32.2. The van der Waals surface area contributed by atoms with E-state index in [1.54, 1.807) is 13.0 Å². The van der Waals surface area contributed by atoms with Gasteiger partial charge < -0.3 is 20.4 Å². The Labute approximate surface area is 351 Å². The Bertz CT molecular complexity index is 2160. The monoisotopic (exact) mass is 814 g/mol. The van der Waals surface area contributed by atoms with Gasteiger partial charge in [-0.25, -0.2) is 9.59 Å². The van der Waals surface area contributed by atoms with Gasteiger partial charge in [0.05, 0.1) is 32.9 Å². The molecule has 59 heavy (non-hydrogen) atoms. The summed E-state index contributed by atoms with van der Waals surface area (Å²) < 4.78 is 0. The van der Waals surface area contributed by atoms with Crippen LogP contribution in [0.4, 0.5) is 0 Å². The first-order chi connectivity index (χ1) is 28.7. The van der Waals surface area contributed by atoms with Crippen LogP contribution in [0, 0.1) is 6.92 Å². The topological polar surface area (TPSA) is 121 Å². The van der Waals surface area contributed by atoms with Gasteiger partial charge in [0.15, 0.2) is 29.4 Å². The van der Waals surface area contributed by atoms with Gasteiger partial charge in [-0.1, -0.05) is 157 Å². The van der Waals surface area contributed by atoms with E-state index < -0.39 is 23.4 Å². The van der Waals surface area contributed by atoms with Gasteiger partial charge in [0, 0.05) is 0 Å². The van der Waals surface area contributed by atoms with Crippen molar-refractivity contribution in [1.82, 2.24) is 0 Å². The Morgan fingerprint density at radius 2 is 0.610 bits per heavy atom. The minimum absolute atomic E-state index is 0.0146. The average Bonchev–Trinajstić information content (AvgIpc) is 3.28. The highest BCUT2D eigenvalue weighted by Gasteiger charge is 2.28. The Morgan fingerprint density at radius 1 is 0.356 bits per heavy atom. The van der Waals surface area contributed by atoms with E-state index >= 15 is 0 Å². The summed E-state index contributed by atoms with van der Waals surface area (Å²) in [5.74, 6) is -3.23. The number of carboxylic acid groups (broad SMARTS) is 2. The van der Waals surface area contributed by atoms with E-state index in [1.807, 2.05) is 0 Å². The van der Waals surface area contributed by atoms with Crippen molar-refractivity contribution < 1.29 is 30.0 Å². The van der Waals surface area contributed by atoms with E-state index in [9.17, 15) is 19.8 Å². The molecule has 0 atom stereocenters. The maximum atomic E-state index is 10.8. The molecule has 8 aromatic carbocycles. The van der Waals surface area contributed by atoms with Crippen molar-refractivity contribution in [2.24, 2.45) is 0 Å². The van der Waals surface area contributed by atoms with E-state index in [-0.39, 0.29) is 32.9 Å². The molecule has 0 saturated carbocycles. The second-order valence-corrected chi connectivity index (χ2v) is 16.6. The van der Waals surface area contributed by atoms with E-state index in [2.05, 4.69) is 182 Å². The molecule has 0 aliphatic carbocycles. The van der Waals surface area contributed by atoms with Crippen molar-refractivity contribution in [2.75, 3.05) is 0 Å². The Morgan fingerprint density at radius 3 is 0.847 bits per heavy atom. The Hall–Kier alpha value is -7.00. The summed E-state index contributed by atoms with van der Waals surface area (Å²) in [6.45, 7) is 1.74. The van der Waals surface area contributed by atoms with Gasteiger partial charge in [0.1, 0.15) is 0 Å². The molecule has 0 aliphatic rings. The standard InChI is InChI=1S/2C18H15S.C8H8O3.C7H6O3/c2*1-4-10-16(11-5-1)19(17-12-6-2-7-13-17)18-14-8-3-9-15-18;1-5-2-3-7(9)6(4-5)8(10)11;8-6-4-2-1-3-5(6)7(9)10/h2*1-15H;2-4,9H,1H3,(H,10,11);1-4,8H,(H,9,10)/q2*+1;;/p-2. The molecule has 8 heteroatoms.